The SMILES string of the molecule is CCc1nc2ccccc2n1CCOCC(F)(F)F. The number of hydrogen-bond acceptors (Lipinski definition) is 2. The lowest BCUT2D eigenvalue weighted by molar-refractivity contribution is -0.174. The monoisotopic (exact) mass is 272 g/mol. The maximum Gasteiger partial charge on any atom is 0.411 e. The molecule has 19 heavy (non-hydrogen) atoms. The zero-order valence-electron chi connectivity index (χ0n) is 10.6. The predicted octanol–water partition coefficient (Wildman–Crippen LogP) is 3.18. The summed E-state index contributed by atoms with van der Waals surface area (Å²) < 4.78 is 42.5. The van der Waals surface area contributed by atoms with Crippen molar-refractivity contribution in [1.82, 2.24) is 9.55 Å². The average Bonchev–Trinajstić information content (AvgIpc) is 2.71. The minimum absolute atomic E-state index is 0.0207. The number of fused-ring (bicyclic) bond motifs is 1. The lowest BCUT2D eigenvalue weighted by atomic mass is 10.3. The minimum Gasteiger partial charge on any atom is -0.370 e. The standard InChI is InChI=1S/C13H15F3N2O/c1-2-12-17-10-5-3-4-6-11(10)18(12)7-8-19-9-13(14,15)16/h3-6H,2,7-9H2,1H3. The molecule has 104 valence electrons. The maximum absolute atomic E-state index is 12.0. The Bertz CT molecular complexity index is 548. The lowest BCUT2D eigenvalue weighted by Crippen LogP contribution is -2.19. The first kappa shape index (κ1) is 13.9. The Morgan fingerprint density at radius 1 is 1.26 bits per heavy atom. The fraction of sp³-hybridized carbons (Fsp3) is 0.462. The van der Waals surface area contributed by atoms with Crippen molar-refractivity contribution in [3.05, 3.63) is 30.1 Å². The molecular formula is C13H15F3N2O. The molecule has 0 saturated carbocycles. The summed E-state index contributed by atoms with van der Waals surface area (Å²) >= 11 is 0. The van der Waals surface area contributed by atoms with Crippen LogP contribution < -0.4 is 0 Å². The van der Waals surface area contributed by atoms with Crippen molar-refractivity contribution in [1.29, 1.82) is 0 Å². The quantitative estimate of drug-likeness (QED) is 0.782. The smallest absolute Gasteiger partial charge is 0.370 e. The van der Waals surface area contributed by atoms with E-state index in [2.05, 4.69) is 9.72 Å². The largest absolute Gasteiger partial charge is 0.411 e. The van der Waals surface area contributed by atoms with Gasteiger partial charge in [-0.15, -0.1) is 0 Å². The van der Waals surface area contributed by atoms with Crippen molar-refractivity contribution in [2.45, 2.75) is 26.1 Å². The number of aromatic nitrogens is 2. The third-order valence-corrected chi connectivity index (χ3v) is 2.77. The summed E-state index contributed by atoms with van der Waals surface area (Å²) in [5, 5.41) is 0. The molecular weight excluding hydrogens is 257 g/mol. The molecule has 0 aliphatic rings. The van der Waals surface area contributed by atoms with Gasteiger partial charge in [0.1, 0.15) is 12.4 Å². The van der Waals surface area contributed by atoms with E-state index in [1.165, 1.54) is 0 Å². The molecule has 3 nitrogen and oxygen atoms in total. The van der Waals surface area contributed by atoms with Gasteiger partial charge in [0.15, 0.2) is 0 Å². The number of alkyl halides is 3. The highest BCUT2D eigenvalue weighted by molar-refractivity contribution is 5.75. The van der Waals surface area contributed by atoms with Crippen LogP contribution in [0.3, 0.4) is 0 Å². The van der Waals surface area contributed by atoms with E-state index < -0.39 is 12.8 Å². The fourth-order valence-electron chi connectivity index (χ4n) is 1.99. The van der Waals surface area contributed by atoms with Gasteiger partial charge < -0.3 is 9.30 Å². The van der Waals surface area contributed by atoms with Gasteiger partial charge in [0, 0.05) is 13.0 Å². The molecule has 2 aromatic rings. The molecule has 0 radical (unpaired) electrons. The topological polar surface area (TPSA) is 27.1 Å². The van der Waals surface area contributed by atoms with Crippen molar-refractivity contribution in [3.63, 3.8) is 0 Å². The highest BCUT2D eigenvalue weighted by Crippen LogP contribution is 2.17. The van der Waals surface area contributed by atoms with Crippen LogP contribution in [0.15, 0.2) is 24.3 Å². The molecule has 0 unspecified atom stereocenters. The molecule has 0 N–H and O–H groups in total. The van der Waals surface area contributed by atoms with Crippen LogP contribution >= 0.6 is 0 Å². The van der Waals surface area contributed by atoms with Gasteiger partial charge in [-0.2, -0.15) is 13.2 Å². The molecule has 0 bridgehead atoms. The summed E-state index contributed by atoms with van der Waals surface area (Å²) in [4.78, 5) is 4.44. The van der Waals surface area contributed by atoms with Gasteiger partial charge in [-0.1, -0.05) is 19.1 Å². The van der Waals surface area contributed by atoms with Gasteiger partial charge in [0.25, 0.3) is 0 Å². The number of nitrogens with zero attached hydrogens (tertiary/aromatic N) is 2. The first-order valence-electron chi connectivity index (χ1n) is 6.10. The van der Waals surface area contributed by atoms with Gasteiger partial charge in [-0.05, 0) is 12.1 Å². The van der Waals surface area contributed by atoms with Crippen molar-refractivity contribution >= 4 is 11.0 Å². The van der Waals surface area contributed by atoms with E-state index in [0.29, 0.717) is 6.54 Å². The van der Waals surface area contributed by atoms with Crippen LogP contribution in [0.5, 0.6) is 0 Å². The molecule has 0 aliphatic carbocycles. The van der Waals surface area contributed by atoms with E-state index in [0.717, 1.165) is 23.3 Å². The van der Waals surface area contributed by atoms with Gasteiger partial charge >= 0.3 is 6.18 Å². The second-order valence-electron chi connectivity index (χ2n) is 4.19. The van der Waals surface area contributed by atoms with Crippen LogP contribution in [-0.2, 0) is 17.7 Å². The number of ether oxygens (including phenoxy) is 1. The van der Waals surface area contributed by atoms with E-state index in [1.807, 2.05) is 35.8 Å². The Balaban J connectivity index is 2.07. The first-order chi connectivity index (χ1) is 9.01. The number of aryl methyl sites for hydroxylation is 1. The molecule has 1 aromatic carbocycles. The summed E-state index contributed by atoms with van der Waals surface area (Å²) in [6, 6.07) is 7.57. The summed E-state index contributed by atoms with van der Waals surface area (Å²) in [5.41, 5.74) is 1.78. The van der Waals surface area contributed by atoms with Gasteiger partial charge in [-0.25, -0.2) is 4.98 Å². The Kier molecular flexibility index (Phi) is 4.09. The summed E-state index contributed by atoms with van der Waals surface area (Å²) in [5.74, 6) is 0.858. The molecule has 0 saturated heterocycles. The van der Waals surface area contributed by atoms with Crippen LogP contribution in [0.25, 0.3) is 11.0 Å². The van der Waals surface area contributed by atoms with E-state index in [1.54, 1.807) is 0 Å². The first-order valence-corrected chi connectivity index (χ1v) is 6.10. The molecule has 0 spiro atoms. The Hall–Kier alpha value is -1.56. The Labute approximate surface area is 109 Å². The minimum atomic E-state index is -4.27. The summed E-state index contributed by atoms with van der Waals surface area (Å²) in [7, 11) is 0. The average molecular weight is 272 g/mol. The number of benzene rings is 1. The number of para-hydroxylation sites is 2. The van der Waals surface area contributed by atoms with Crippen molar-refractivity contribution in [2.75, 3.05) is 13.2 Å². The normalized spacial score (nSPS) is 12.2. The predicted molar refractivity (Wildman–Crippen MR) is 66.0 cm³/mol. The molecule has 0 atom stereocenters. The molecule has 1 aromatic heterocycles. The molecule has 0 amide bonds. The summed E-state index contributed by atoms with van der Waals surface area (Å²) in [6.45, 7) is 1.15. The number of rotatable bonds is 5. The van der Waals surface area contributed by atoms with E-state index in [9.17, 15) is 13.2 Å². The molecule has 0 aliphatic heterocycles. The third kappa shape index (κ3) is 3.47. The van der Waals surface area contributed by atoms with Crippen LogP contribution in [-0.4, -0.2) is 28.9 Å². The second kappa shape index (κ2) is 5.61. The number of imidazole rings is 1. The van der Waals surface area contributed by atoms with E-state index >= 15 is 0 Å². The van der Waals surface area contributed by atoms with E-state index in [-0.39, 0.29) is 6.61 Å². The molecule has 1 heterocycles. The molecule has 2 rings (SSSR count). The van der Waals surface area contributed by atoms with Gasteiger partial charge in [0.2, 0.25) is 0 Å². The highest BCUT2D eigenvalue weighted by Gasteiger charge is 2.27. The van der Waals surface area contributed by atoms with Crippen LogP contribution in [0.1, 0.15) is 12.7 Å². The maximum atomic E-state index is 12.0. The number of hydrogen-bond donors (Lipinski definition) is 0. The van der Waals surface area contributed by atoms with Crippen molar-refractivity contribution in [2.24, 2.45) is 0 Å². The van der Waals surface area contributed by atoms with Gasteiger partial charge in [-0.3, -0.25) is 0 Å². The zero-order valence-corrected chi connectivity index (χ0v) is 10.6. The lowest BCUT2D eigenvalue weighted by Gasteiger charge is -2.10. The Morgan fingerprint density at radius 3 is 2.68 bits per heavy atom. The molecule has 6 heteroatoms. The summed E-state index contributed by atoms with van der Waals surface area (Å²) in [6.07, 6.45) is -3.54. The van der Waals surface area contributed by atoms with Crippen LogP contribution in [0.2, 0.25) is 0 Å². The van der Waals surface area contributed by atoms with Crippen molar-refractivity contribution in [3.8, 4) is 0 Å². The van der Waals surface area contributed by atoms with Crippen molar-refractivity contribution < 1.29 is 17.9 Å². The highest BCUT2D eigenvalue weighted by atomic mass is 19.4. The number of halogens is 3. The molecule has 0 fully saturated rings. The fourth-order valence-corrected chi connectivity index (χ4v) is 1.99. The van der Waals surface area contributed by atoms with Crippen LogP contribution in [0, 0.1) is 0 Å². The van der Waals surface area contributed by atoms with Gasteiger partial charge in [0.05, 0.1) is 17.6 Å². The van der Waals surface area contributed by atoms with E-state index in [4.69, 9.17) is 0 Å². The third-order valence-electron chi connectivity index (χ3n) is 2.77. The zero-order chi connectivity index (χ0) is 13.9. The van der Waals surface area contributed by atoms with Crippen LogP contribution in [0.4, 0.5) is 13.2 Å². The second-order valence-corrected chi connectivity index (χ2v) is 4.19. The Morgan fingerprint density at radius 2 is 2.00 bits per heavy atom.